The molecule has 1 aromatic carbocycles. The van der Waals surface area contributed by atoms with E-state index in [9.17, 15) is 9.59 Å². The number of carbonyl (C=O) groups excluding carboxylic acids is 2. The molecule has 0 unspecified atom stereocenters. The van der Waals surface area contributed by atoms with Gasteiger partial charge in [-0.1, -0.05) is 36.8 Å². The fourth-order valence-corrected chi connectivity index (χ4v) is 2.82. The number of hydrogen-bond donors (Lipinski definition) is 1. The number of aromatic amines is 1. The highest BCUT2D eigenvalue weighted by molar-refractivity contribution is 7.99. The zero-order valence-electron chi connectivity index (χ0n) is 12.9. The van der Waals surface area contributed by atoms with E-state index in [-0.39, 0.29) is 5.78 Å². The van der Waals surface area contributed by atoms with Gasteiger partial charge in [0.15, 0.2) is 5.78 Å². The van der Waals surface area contributed by atoms with Crippen molar-refractivity contribution in [2.75, 3.05) is 12.4 Å². The summed E-state index contributed by atoms with van der Waals surface area (Å²) in [7, 11) is 0. The van der Waals surface area contributed by atoms with Crippen LogP contribution in [0, 0.1) is 6.92 Å². The van der Waals surface area contributed by atoms with Crippen molar-refractivity contribution >= 4 is 23.5 Å². The van der Waals surface area contributed by atoms with Crippen LogP contribution in [-0.2, 0) is 4.74 Å². The summed E-state index contributed by atoms with van der Waals surface area (Å²) in [6, 6.07) is 8.99. The molecule has 2 aromatic rings. The highest BCUT2D eigenvalue weighted by atomic mass is 32.2. The zero-order chi connectivity index (χ0) is 16.1. The standard InChI is InChI=1S/C17H19NO3S/c1-4-21-17(20)14-10-13(16(18-14)22-5-2)15(19)12-8-6-11(3)7-9-12/h6-10,18H,4-5H2,1-3H3. The summed E-state index contributed by atoms with van der Waals surface area (Å²) >= 11 is 1.50. The Morgan fingerprint density at radius 1 is 1.18 bits per heavy atom. The van der Waals surface area contributed by atoms with Crippen molar-refractivity contribution in [3.63, 3.8) is 0 Å². The maximum Gasteiger partial charge on any atom is 0.354 e. The average molecular weight is 317 g/mol. The molecule has 22 heavy (non-hydrogen) atoms. The SMILES string of the molecule is CCOC(=O)c1cc(C(=O)c2ccc(C)cc2)c(SCC)[nH]1. The van der Waals surface area contributed by atoms with Crippen molar-refractivity contribution < 1.29 is 14.3 Å². The summed E-state index contributed by atoms with van der Waals surface area (Å²) in [4.78, 5) is 27.5. The van der Waals surface area contributed by atoms with E-state index in [0.717, 1.165) is 11.3 Å². The van der Waals surface area contributed by atoms with Crippen LogP contribution in [0.15, 0.2) is 35.4 Å². The second-order valence-corrected chi connectivity index (χ2v) is 6.05. The number of ketones is 1. The average Bonchev–Trinajstić information content (AvgIpc) is 2.92. The lowest BCUT2D eigenvalue weighted by Gasteiger charge is -2.02. The topological polar surface area (TPSA) is 59.2 Å². The van der Waals surface area contributed by atoms with Crippen LogP contribution >= 0.6 is 11.8 Å². The van der Waals surface area contributed by atoms with Gasteiger partial charge >= 0.3 is 5.97 Å². The van der Waals surface area contributed by atoms with Crippen molar-refractivity contribution in [1.82, 2.24) is 4.98 Å². The van der Waals surface area contributed by atoms with E-state index in [4.69, 9.17) is 4.74 Å². The van der Waals surface area contributed by atoms with Gasteiger partial charge in [-0.15, -0.1) is 11.8 Å². The second kappa shape index (κ2) is 7.31. The largest absolute Gasteiger partial charge is 0.461 e. The third-order valence-electron chi connectivity index (χ3n) is 3.12. The predicted octanol–water partition coefficient (Wildman–Crippen LogP) is 3.84. The van der Waals surface area contributed by atoms with Gasteiger partial charge < -0.3 is 9.72 Å². The molecule has 0 amide bonds. The fourth-order valence-electron chi connectivity index (χ4n) is 2.04. The van der Waals surface area contributed by atoms with Crippen molar-refractivity contribution in [2.45, 2.75) is 25.8 Å². The van der Waals surface area contributed by atoms with Crippen LogP contribution in [0.4, 0.5) is 0 Å². The number of H-pyrrole nitrogens is 1. The summed E-state index contributed by atoms with van der Waals surface area (Å²) in [5, 5.41) is 0.705. The smallest absolute Gasteiger partial charge is 0.354 e. The first-order chi connectivity index (χ1) is 10.6. The molecule has 4 nitrogen and oxygen atoms in total. The summed E-state index contributed by atoms with van der Waals surface area (Å²) in [5.74, 6) is 0.267. The molecule has 0 radical (unpaired) electrons. The van der Waals surface area contributed by atoms with Crippen LogP contribution in [0.5, 0.6) is 0 Å². The van der Waals surface area contributed by atoms with E-state index in [0.29, 0.717) is 28.5 Å². The van der Waals surface area contributed by atoms with E-state index in [1.54, 1.807) is 25.1 Å². The number of carbonyl (C=O) groups is 2. The van der Waals surface area contributed by atoms with Crippen LogP contribution in [-0.4, -0.2) is 29.1 Å². The van der Waals surface area contributed by atoms with E-state index in [1.165, 1.54) is 11.8 Å². The molecule has 5 heteroatoms. The Labute approximate surface area is 134 Å². The molecule has 0 aliphatic rings. The number of rotatable bonds is 6. The van der Waals surface area contributed by atoms with E-state index in [1.807, 2.05) is 26.0 Å². The fraction of sp³-hybridized carbons (Fsp3) is 0.294. The molecule has 0 bridgehead atoms. The summed E-state index contributed by atoms with van der Waals surface area (Å²) < 4.78 is 4.98. The summed E-state index contributed by atoms with van der Waals surface area (Å²) in [6.07, 6.45) is 0. The number of thioether (sulfide) groups is 1. The Kier molecular flexibility index (Phi) is 5.44. The molecule has 0 spiro atoms. The van der Waals surface area contributed by atoms with Crippen LogP contribution < -0.4 is 0 Å². The number of ether oxygens (including phenoxy) is 1. The zero-order valence-corrected chi connectivity index (χ0v) is 13.8. The summed E-state index contributed by atoms with van der Waals surface area (Å²) in [6.45, 7) is 6.02. The quantitative estimate of drug-likeness (QED) is 0.499. The second-order valence-electron chi connectivity index (χ2n) is 4.77. The van der Waals surface area contributed by atoms with Crippen molar-refractivity contribution in [2.24, 2.45) is 0 Å². The molecule has 1 N–H and O–H groups in total. The molecule has 1 heterocycles. The molecule has 1 aromatic heterocycles. The Hall–Kier alpha value is -2.01. The first-order valence-corrected chi connectivity index (χ1v) is 8.19. The Bertz CT molecular complexity index is 674. The number of nitrogens with one attached hydrogen (secondary N) is 1. The van der Waals surface area contributed by atoms with E-state index < -0.39 is 5.97 Å². The molecule has 0 saturated heterocycles. The molecule has 0 atom stereocenters. The van der Waals surface area contributed by atoms with Gasteiger partial charge in [0.2, 0.25) is 0 Å². The molecule has 0 fully saturated rings. The Balaban J connectivity index is 2.37. The molecular weight excluding hydrogens is 298 g/mol. The molecule has 0 aliphatic heterocycles. The molecule has 0 aliphatic carbocycles. The predicted molar refractivity (Wildman–Crippen MR) is 87.8 cm³/mol. The number of hydrogen-bond acceptors (Lipinski definition) is 4. The van der Waals surface area contributed by atoms with Gasteiger partial charge in [0.05, 0.1) is 17.2 Å². The van der Waals surface area contributed by atoms with Crippen LogP contribution in [0.2, 0.25) is 0 Å². The highest BCUT2D eigenvalue weighted by Gasteiger charge is 2.20. The lowest BCUT2D eigenvalue weighted by molar-refractivity contribution is 0.0519. The van der Waals surface area contributed by atoms with E-state index in [2.05, 4.69) is 4.98 Å². The van der Waals surface area contributed by atoms with Gasteiger partial charge in [0.1, 0.15) is 5.69 Å². The monoisotopic (exact) mass is 317 g/mol. The maximum absolute atomic E-state index is 12.7. The first-order valence-electron chi connectivity index (χ1n) is 7.21. The minimum atomic E-state index is -0.441. The van der Waals surface area contributed by atoms with Gasteiger partial charge in [0, 0.05) is 5.56 Å². The van der Waals surface area contributed by atoms with Crippen LogP contribution in [0.1, 0.15) is 45.8 Å². The Morgan fingerprint density at radius 3 is 2.45 bits per heavy atom. The lowest BCUT2D eigenvalue weighted by Crippen LogP contribution is -2.04. The van der Waals surface area contributed by atoms with Crippen LogP contribution in [0.3, 0.4) is 0 Å². The third kappa shape index (κ3) is 3.60. The number of aromatic nitrogens is 1. The Morgan fingerprint density at radius 2 is 1.86 bits per heavy atom. The normalized spacial score (nSPS) is 10.5. The molecule has 116 valence electrons. The molecule has 0 saturated carbocycles. The number of aryl methyl sites for hydroxylation is 1. The minimum absolute atomic E-state index is 0.0947. The van der Waals surface area contributed by atoms with Crippen molar-refractivity contribution in [3.05, 3.63) is 52.7 Å². The highest BCUT2D eigenvalue weighted by Crippen LogP contribution is 2.26. The van der Waals surface area contributed by atoms with Crippen LogP contribution in [0.25, 0.3) is 0 Å². The maximum atomic E-state index is 12.7. The van der Waals surface area contributed by atoms with Crippen molar-refractivity contribution in [1.29, 1.82) is 0 Å². The van der Waals surface area contributed by atoms with Crippen molar-refractivity contribution in [3.8, 4) is 0 Å². The summed E-state index contributed by atoms with van der Waals surface area (Å²) in [5.41, 5.74) is 2.53. The first kappa shape index (κ1) is 16.4. The van der Waals surface area contributed by atoms with Gasteiger partial charge in [-0.2, -0.15) is 0 Å². The molecule has 2 rings (SSSR count). The van der Waals surface area contributed by atoms with Gasteiger partial charge in [-0.05, 0) is 25.7 Å². The number of esters is 1. The van der Waals surface area contributed by atoms with Gasteiger partial charge in [0.25, 0.3) is 0 Å². The minimum Gasteiger partial charge on any atom is -0.461 e. The number of benzene rings is 1. The lowest BCUT2D eigenvalue weighted by atomic mass is 10.0. The molecular formula is C17H19NO3S. The van der Waals surface area contributed by atoms with Gasteiger partial charge in [-0.25, -0.2) is 4.79 Å². The van der Waals surface area contributed by atoms with Gasteiger partial charge in [-0.3, -0.25) is 4.79 Å². The van der Waals surface area contributed by atoms with E-state index >= 15 is 0 Å². The third-order valence-corrected chi connectivity index (χ3v) is 4.02.